The molecule has 0 unspecified atom stereocenters. The summed E-state index contributed by atoms with van der Waals surface area (Å²) in [6.07, 6.45) is 0.825. The van der Waals surface area contributed by atoms with Gasteiger partial charge in [0.25, 0.3) is 5.69 Å². The van der Waals surface area contributed by atoms with Gasteiger partial charge in [-0.15, -0.1) is 10.2 Å². The number of para-hydroxylation sites is 1. The van der Waals surface area contributed by atoms with Gasteiger partial charge in [0.1, 0.15) is 5.75 Å². The van der Waals surface area contributed by atoms with Crippen LogP contribution in [-0.4, -0.2) is 26.8 Å². The SMILES string of the molecule is COc1ccccc1-c1nnc(SCc2cccc([N+](=O)[O-])c2)n1CCc1ccccc1. The number of nitrogens with zero attached hydrogens (tertiary/aromatic N) is 4. The fourth-order valence-corrected chi connectivity index (χ4v) is 4.33. The van der Waals surface area contributed by atoms with E-state index in [1.54, 1.807) is 19.2 Å². The lowest BCUT2D eigenvalue weighted by Crippen LogP contribution is -2.06. The quantitative estimate of drug-likeness (QED) is 0.195. The van der Waals surface area contributed by atoms with Crippen molar-refractivity contribution in [1.29, 1.82) is 0 Å². The van der Waals surface area contributed by atoms with Crippen molar-refractivity contribution in [3.05, 3.63) is 100 Å². The number of aromatic nitrogens is 3. The van der Waals surface area contributed by atoms with E-state index in [1.807, 2.05) is 48.5 Å². The second kappa shape index (κ2) is 10.1. The van der Waals surface area contributed by atoms with Crippen molar-refractivity contribution in [2.75, 3.05) is 7.11 Å². The Morgan fingerprint density at radius 2 is 1.72 bits per heavy atom. The maximum Gasteiger partial charge on any atom is 0.269 e. The molecule has 0 aliphatic rings. The van der Waals surface area contributed by atoms with E-state index >= 15 is 0 Å². The van der Waals surface area contributed by atoms with Crippen LogP contribution in [0, 0.1) is 10.1 Å². The third-order valence-corrected chi connectivity index (χ3v) is 6.06. The predicted molar refractivity (Wildman–Crippen MR) is 125 cm³/mol. The molecule has 4 aromatic rings. The average molecular weight is 447 g/mol. The molecule has 0 fully saturated rings. The second-order valence-corrected chi connectivity index (χ2v) is 8.05. The summed E-state index contributed by atoms with van der Waals surface area (Å²) in [5, 5.41) is 20.7. The van der Waals surface area contributed by atoms with E-state index in [0.717, 1.165) is 34.3 Å². The van der Waals surface area contributed by atoms with Crippen molar-refractivity contribution in [2.45, 2.75) is 23.9 Å². The number of non-ortho nitro benzene ring substituents is 1. The van der Waals surface area contributed by atoms with Gasteiger partial charge in [0.15, 0.2) is 11.0 Å². The molecule has 0 N–H and O–H groups in total. The van der Waals surface area contributed by atoms with Crippen molar-refractivity contribution in [1.82, 2.24) is 14.8 Å². The first-order valence-corrected chi connectivity index (χ1v) is 11.1. The van der Waals surface area contributed by atoms with Gasteiger partial charge in [0.2, 0.25) is 0 Å². The Labute approximate surface area is 190 Å². The second-order valence-electron chi connectivity index (χ2n) is 7.11. The molecule has 0 radical (unpaired) electrons. The molecular weight excluding hydrogens is 424 g/mol. The number of hydrogen-bond acceptors (Lipinski definition) is 6. The highest BCUT2D eigenvalue weighted by Gasteiger charge is 2.18. The van der Waals surface area contributed by atoms with Crippen molar-refractivity contribution in [3.8, 4) is 17.1 Å². The normalized spacial score (nSPS) is 10.8. The number of hydrogen-bond donors (Lipinski definition) is 0. The molecule has 8 heteroatoms. The monoisotopic (exact) mass is 446 g/mol. The molecule has 4 rings (SSSR count). The highest BCUT2D eigenvalue weighted by Crippen LogP contribution is 2.32. The fourth-order valence-electron chi connectivity index (χ4n) is 3.42. The molecule has 1 heterocycles. The molecule has 0 spiro atoms. The Hall–Kier alpha value is -3.65. The predicted octanol–water partition coefficient (Wildman–Crippen LogP) is 5.40. The van der Waals surface area contributed by atoms with Gasteiger partial charge in [-0.25, -0.2) is 0 Å². The first-order valence-electron chi connectivity index (χ1n) is 10.1. The molecule has 0 amide bonds. The molecule has 0 aliphatic heterocycles. The van der Waals surface area contributed by atoms with Crippen molar-refractivity contribution >= 4 is 17.4 Å². The van der Waals surface area contributed by atoms with E-state index in [0.29, 0.717) is 12.3 Å². The van der Waals surface area contributed by atoms with Gasteiger partial charge >= 0.3 is 0 Å². The Morgan fingerprint density at radius 1 is 0.969 bits per heavy atom. The first kappa shape index (κ1) is 21.6. The summed E-state index contributed by atoms with van der Waals surface area (Å²) >= 11 is 1.51. The maximum absolute atomic E-state index is 11.1. The number of nitro benzene ring substituents is 1. The summed E-state index contributed by atoms with van der Waals surface area (Å²) in [5.74, 6) is 2.02. The number of ether oxygens (including phenoxy) is 1. The van der Waals surface area contributed by atoms with Crippen LogP contribution >= 0.6 is 11.8 Å². The first-order chi connectivity index (χ1) is 15.7. The minimum absolute atomic E-state index is 0.0864. The van der Waals surface area contributed by atoms with E-state index in [9.17, 15) is 10.1 Å². The molecule has 0 aliphatic carbocycles. The molecule has 0 bridgehead atoms. The standard InChI is InChI=1S/C24H22N4O3S/c1-31-22-13-6-5-12-21(22)23-25-26-24(27(23)15-14-18-8-3-2-4-9-18)32-17-19-10-7-11-20(16-19)28(29)30/h2-13,16H,14-15,17H2,1H3. The largest absolute Gasteiger partial charge is 0.496 e. The van der Waals surface area contributed by atoms with Crippen LogP contribution in [0.15, 0.2) is 84.0 Å². The topological polar surface area (TPSA) is 83.1 Å². The molecule has 1 aromatic heterocycles. The third-order valence-electron chi connectivity index (χ3n) is 5.02. The van der Waals surface area contributed by atoms with Crippen LogP contribution in [0.3, 0.4) is 0 Å². The van der Waals surface area contributed by atoms with E-state index < -0.39 is 0 Å². The lowest BCUT2D eigenvalue weighted by atomic mass is 10.1. The van der Waals surface area contributed by atoms with E-state index in [1.165, 1.54) is 23.4 Å². The highest BCUT2D eigenvalue weighted by molar-refractivity contribution is 7.98. The number of aryl methyl sites for hydroxylation is 1. The number of methoxy groups -OCH3 is 1. The molecule has 162 valence electrons. The van der Waals surface area contributed by atoms with Crippen LogP contribution < -0.4 is 4.74 Å². The molecule has 0 saturated carbocycles. The number of benzene rings is 3. The summed E-state index contributed by atoms with van der Waals surface area (Å²) in [7, 11) is 1.64. The van der Waals surface area contributed by atoms with E-state index in [2.05, 4.69) is 26.9 Å². The Morgan fingerprint density at radius 3 is 2.50 bits per heavy atom. The van der Waals surface area contributed by atoms with Crippen molar-refractivity contribution < 1.29 is 9.66 Å². The molecular formula is C24H22N4O3S. The summed E-state index contributed by atoms with van der Waals surface area (Å²) in [4.78, 5) is 10.7. The van der Waals surface area contributed by atoms with Crippen molar-refractivity contribution in [2.24, 2.45) is 0 Å². The summed E-state index contributed by atoms with van der Waals surface area (Å²) in [5.41, 5.74) is 3.04. The van der Waals surface area contributed by atoms with Gasteiger partial charge in [0.05, 0.1) is 17.6 Å². The van der Waals surface area contributed by atoms with Crippen LogP contribution in [0.1, 0.15) is 11.1 Å². The minimum atomic E-state index is -0.379. The van der Waals surface area contributed by atoms with Crippen LogP contribution in [0.4, 0.5) is 5.69 Å². The Bertz CT molecular complexity index is 1210. The summed E-state index contributed by atoms with van der Waals surface area (Å²) in [6.45, 7) is 0.696. The van der Waals surface area contributed by atoms with Crippen LogP contribution in [-0.2, 0) is 18.7 Å². The number of rotatable bonds is 9. The fraction of sp³-hybridized carbons (Fsp3) is 0.167. The zero-order valence-electron chi connectivity index (χ0n) is 17.5. The average Bonchev–Trinajstić information content (AvgIpc) is 3.24. The van der Waals surface area contributed by atoms with E-state index in [-0.39, 0.29) is 10.6 Å². The van der Waals surface area contributed by atoms with Gasteiger partial charge in [-0.2, -0.15) is 0 Å². The van der Waals surface area contributed by atoms with Crippen molar-refractivity contribution in [3.63, 3.8) is 0 Å². The number of thioether (sulfide) groups is 1. The lowest BCUT2D eigenvalue weighted by Gasteiger charge is -2.12. The van der Waals surface area contributed by atoms with Gasteiger partial charge in [-0.3, -0.25) is 10.1 Å². The summed E-state index contributed by atoms with van der Waals surface area (Å²) in [6, 6.07) is 24.7. The van der Waals surface area contributed by atoms with Gasteiger partial charge in [-0.1, -0.05) is 66.4 Å². The molecule has 0 atom stereocenters. The van der Waals surface area contributed by atoms with Crippen LogP contribution in [0.2, 0.25) is 0 Å². The molecule has 32 heavy (non-hydrogen) atoms. The Kier molecular flexibility index (Phi) is 6.81. The third kappa shape index (κ3) is 4.97. The zero-order valence-corrected chi connectivity index (χ0v) is 18.4. The molecule has 7 nitrogen and oxygen atoms in total. The Balaban J connectivity index is 1.63. The maximum atomic E-state index is 11.1. The van der Waals surface area contributed by atoms with Gasteiger partial charge in [0, 0.05) is 24.4 Å². The van der Waals surface area contributed by atoms with Crippen LogP contribution in [0.5, 0.6) is 5.75 Å². The lowest BCUT2D eigenvalue weighted by molar-refractivity contribution is -0.384. The van der Waals surface area contributed by atoms with E-state index in [4.69, 9.17) is 4.74 Å². The summed E-state index contributed by atoms with van der Waals surface area (Å²) < 4.78 is 7.63. The van der Waals surface area contributed by atoms with Gasteiger partial charge in [-0.05, 0) is 29.7 Å². The zero-order chi connectivity index (χ0) is 22.3. The smallest absolute Gasteiger partial charge is 0.269 e. The van der Waals surface area contributed by atoms with Crippen LogP contribution in [0.25, 0.3) is 11.4 Å². The molecule has 3 aromatic carbocycles. The number of nitro groups is 1. The minimum Gasteiger partial charge on any atom is -0.496 e. The highest BCUT2D eigenvalue weighted by atomic mass is 32.2. The molecule has 0 saturated heterocycles. The van der Waals surface area contributed by atoms with Gasteiger partial charge < -0.3 is 9.30 Å².